The zero-order chi connectivity index (χ0) is 21.9. The van der Waals surface area contributed by atoms with Gasteiger partial charge in [-0.05, 0) is 35.6 Å². The van der Waals surface area contributed by atoms with Crippen LogP contribution in [0.15, 0.2) is 54.6 Å². The number of carbonyl (C=O) groups excluding carboxylic acids is 3. The van der Waals surface area contributed by atoms with E-state index in [-0.39, 0.29) is 12.5 Å². The van der Waals surface area contributed by atoms with Crippen LogP contribution in [0.1, 0.15) is 25.0 Å². The predicted molar refractivity (Wildman–Crippen MR) is 113 cm³/mol. The van der Waals surface area contributed by atoms with Gasteiger partial charge in [0.1, 0.15) is 24.7 Å². The fourth-order valence-electron chi connectivity index (χ4n) is 2.85. The number of alkyl carbamates (subject to hydrolysis) is 1. The summed E-state index contributed by atoms with van der Waals surface area (Å²) in [5, 5.41) is 5.29. The third-order valence-electron chi connectivity index (χ3n) is 4.54. The molecule has 0 unspecified atom stereocenters. The molecule has 2 rings (SSSR count). The molecule has 2 aromatic carbocycles. The summed E-state index contributed by atoms with van der Waals surface area (Å²) in [5.74, 6) is 0.0818. The number of aldehydes is 1. The highest BCUT2D eigenvalue weighted by atomic mass is 16.5. The van der Waals surface area contributed by atoms with E-state index in [1.54, 1.807) is 33.1 Å². The highest BCUT2D eigenvalue weighted by Gasteiger charge is 2.26. The summed E-state index contributed by atoms with van der Waals surface area (Å²) in [6.07, 6.45) is 0.334. The molecular weight excluding hydrogens is 384 g/mol. The molecule has 7 nitrogen and oxygen atoms in total. The van der Waals surface area contributed by atoms with Gasteiger partial charge in [-0.3, -0.25) is 4.79 Å². The molecule has 0 aliphatic heterocycles. The van der Waals surface area contributed by atoms with Gasteiger partial charge in [-0.15, -0.1) is 0 Å². The number of nitrogens with one attached hydrogen (secondary N) is 2. The second-order valence-corrected chi connectivity index (χ2v) is 7.23. The summed E-state index contributed by atoms with van der Waals surface area (Å²) in [4.78, 5) is 36.3. The Morgan fingerprint density at radius 2 is 1.63 bits per heavy atom. The number of amides is 2. The van der Waals surface area contributed by atoms with Crippen LogP contribution in [0.5, 0.6) is 5.75 Å². The average molecular weight is 412 g/mol. The number of ether oxygens (including phenoxy) is 2. The number of hydrogen-bond acceptors (Lipinski definition) is 5. The molecule has 0 saturated heterocycles. The summed E-state index contributed by atoms with van der Waals surface area (Å²) >= 11 is 0. The summed E-state index contributed by atoms with van der Waals surface area (Å²) < 4.78 is 10.3. The SMILES string of the molecule is COc1ccc(C[C@@H](C=O)NC(=O)[C@@H](NC(=O)OCc2ccccc2)C(C)C)cc1. The van der Waals surface area contributed by atoms with Gasteiger partial charge >= 0.3 is 6.09 Å². The lowest BCUT2D eigenvalue weighted by Gasteiger charge is -2.23. The van der Waals surface area contributed by atoms with E-state index >= 15 is 0 Å². The average Bonchev–Trinajstić information content (AvgIpc) is 2.76. The lowest BCUT2D eigenvalue weighted by atomic mass is 10.0. The van der Waals surface area contributed by atoms with Crippen LogP contribution in [0.2, 0.25) is 0 Å². The third-order valence-corrected chi connectivity index (χ3v) is 4.54. The smallest absolute Gasteiger partial charge is 0.408 e. The van der Waals surface area contributed by atoms with Gasteiger partial charge < -0.3 is 24.9 Å². The van der Waals surface area contributed by atoms with Gasteiger partial charge in [0, 0.05) is 0 Å². The first-order chi connectivity index (χ1) is 14.4. The van der Waals surface area contributed by atoms with Gasteiger partial charge in [0.15, 0.2) is 0 Å². The van der Waals surface area contributed by atoms with Crippen molar-refractivity contribution in [3.63, 3.8) is 0 Å². The first-order valence-corrected chi connectivity index (χ1v) is 9.78. The Hall–Kier alpha value is -3.35. The van der Waals surface area contributed by atoms with E-state index in [0.29, 0.717) is 18.5 Å². The van der Waals surface area contributed by atoms with Crippen molar-refractivity contribution in [1.29, 1.82) is 0 Å². The van der Waals surface area contributed by atoms with Crippen LogP contribution in [-0.2, 0) is 27.4 Å². The maximum absolute atomic E-state index is 12.7. The van der Waals surface area contributed by atoms with Gasteiger partial charge in [0.2, 0.25) is 5.91 Å². The molecule has 2 atom stereocenters. The largest absolute Gasteiger partial charge is 0.497 e. The van der Waals surface area contributed by atoms with E-state index in [1.165, 1.54) is 0 Å². The molecule has 2 aromatic rings. The number of carbonyl (C=O) groups is 3. The maximum atomic E-state index is 12.7. The minimum absolute atomic E-state index is 0.105. The van der Waals surface area contributed by atoms with Crippen molar-refractivity contribution in [3.05, 3.63) is 65.7 Å². The van der Waals surface area contributed by atoms with Crippen molar-refractivity contribution < 1.29 is 23.9 Å². The third kappa shape index (κ3) is 7.24. The van der Waals surface area contributed by atoms with Crippen LogP contribution in [0, 0.1) is 5.92 Å². The molecule has 0 spiro atoms. The molecule has 0 aliphatic carbocycles. The highest BCUT2D eigenvalue weighted by molar-refractivity contribution is 5.87. The van der Waals surface area contributed by atoms with E-state index in [9.17, 15) is 14.4 Å². The van der Waals surface area contributed by atoms with E-state index in [2.05, 4.69) is 10.6 Å². The summed E-state index contributed by atoms with van der Waals surface area (Å²) in [6.45, 7) is 3.72. The molecule has 2 N–H and O–H groups in total. The predicted octanol–water partition coefficient (Wildman–Crippen LogP) is 2.87. The van der Waals surface area contributed by atoms with Crippen molar-refractivity contribution in [2.75, 3.05) is 7.11 Å². The minimum Gasteiger partial charge on any atom is -0.497 e. The molecular formula is C23H28N2O5. The Kier molecular flexibility index (Phi) is 8.87. The van der Waals surface area contributed by atoms with Crippen LogP contribution in [0.3, 0.4) is 0 Å². The molecule has 0 aliphatic rings. The highest BCUT2D eigenvalue weighted by Crippen LogP contribution is 2.13. The van der Waals surface area contributed by atoms with Crippen LogP contribution < -0.4 is 15.4 Å². The van der Waals surface area contributed by atoms with E-state index in [1.807, 2.05) is 42.5 Å². The van der Waals surface area contributed by atoms with Crippen LogP contribution in [0.4, 0.5) is 4.79 Å². The molecule has 7 heteroatoms. The van der Waals surface area contributed by atoms with Gasteiger partial charge in [-0.25, -0.2) is 4.79 Å². The Morgan fingerprint density at radius 1 is 0.967 bits per heavy atom. The minimum atomic E-state index is -0.827. The number of rotatable bonds is 10. The first-order valence-electron chi connectivity index (χ1n) is 9.78. The van der Waals surface area contributed by atoms with E-state index in [0.717, 1.165) is 11.1 Å². The molecule has 30 heavy (non-hydrogen) atoms. The number of methoxy groups -OCH3 is 1. The van der Waals surface area contributed by atoms with Crippen molar-refractivity contribution in [1.82, 2.24) is 10.6 Å². The molecule has 0 radical (unpaired) electrons. The van der Waals surface area contributed by atoms with E-state index in [4.69, 9.17) is 9.47 Å². The van der Waals surface area contributed by atoms with Crippen LogP contribution in [0.25, 0.3) is 0 Å². The van der Waals surface area contributed by atoms with Gasteiger partial charge in [0.25, 0.3) is 0 Å². The zero-order valence-electron chi connectivity index (χ0n) is 17.5. The van der Waals surface area contributed by atoms with Crippen molar-refractivity contribution in [3.8, 4) is 5.75 Å². The molecule has 160 valence electrons. The van der Waals surface area contributed by atoms with Crippen molar-refractivity contribution in [2.45, 2.75) is 39.0 Å². The second-order valence-electron chi connectivity index (χ2n) is 7.23. The van der Waals surface area contributed by atoms with Crippen molar-refractivity contribution >= 4 is 18.3 Å². The normalized spacial score (nSPS) is 12.5. The number of benzene rings is 2. The quantitative estimate of drug-likeness (QED) is 0.585. The fraction of sp³-hybridized carbons (Fsp3) is 0.348. The Balaban J connectivity index is 1.92. The Morgan fingerprint density at radius 3 is 2.20 bits per heavy atom. The topological polar surface area (TPSA) is 93.7 Å². The lowest BCUT2D eigenvalue weighted by Crippen LogP contribution is -2.52. The molecule has 0 saturated carbocycles. The monoisotopic (exact) mass is 412 g/mol. The summed E-state index contributed by atoms with van der Waals surface area (Å²) in [7, 11) is 1.58. The first kappa shape index (κ1) is 22.9. The van der Waals surface area contributed by atoms with Gasteiger partial charge in [-0.1, -0.05) is 56.3 Å². The second kappa shape index (κ2) is 11.6. The van der Waals surface area contributed by atoms with Crippen LogP contribution >= 0.6 is 0 Å². The summed E-state index contributed by atoms with van der Waals surface area (Å²) in [6, 6.07) is 15.0. The number of hydrogen-bond donors (Lipinski definition) is 2. The molecule has 2 amide bonds. The molecule has 0 aromatic heterocycles. The van der Waals surface area contributed by atoms with E-state index < -0.39 is 24.1 Å². The molecule has 0 bridgehead atoms. The Bertz CT molecular complexity index is 821. The molecule has 0 fully saturated rings. The zero-order valence-corrected chi connectivity index (χ0v) is 17.5. The van der Waals surface area contributed by atoms with Crippen molar-refractivity contribution in [2.24, 2.45) is 5.92 Å². The standard InChI is InChI=1S/C23H28N2O5/c1-16(2)21(25-23(28)30-15-18-7-5-4-6-8-18)22(27)24-19(14-26)13-17-9-11-20(29-3)12-10-17/h4-12,14,16,19,21H,13,15H2,1-3H3,(H,24,27)(H,25,28)/t19-,21-/m0/s1. The Labute approximate surface area is 176 Å². The molecule has 0 heterocycles. The maximum Gasteiger partial charge on any atom is 0.408 e. The van der Waals surface area contributed by atoms with Gasteiger partial charge in [-0.2, -0.15) is 0 Å². The lowest BCUT2D eigenvalue weighted by molar-refractivity contribution is -0.126. The fourth-order valence-corrected chi connectivity index (χ4v) is 2.85. The summed E-state index contributed by atoms with van der Waals surface area (Å²) in [5.41, 5.74) is 1.73. The van der Waals surface area contributed by atoms with Gasteiger partial charge in [0.05, 0.1) is 13.2 Å². The van der Waals surface area contributed by atoms with Crippen LogP contribution in [-0.4, -0.2) is 37.5 Å².